The molecule has 0 unspecified atom stereocenters. The van der Waals surface area contributed by atoms with Crippen molar-refractivity contribution in [3.63, 3.8) is 0 Å². The minimum atomic E-state index is -0.184. The number of carbonyl (C=O) groups is 2. The summed E-state index contributed by atoms with van der Waals surface area (Å²) < 4.78 is 0. The lowest BCUT2D eigenvalue weighted by molar-refractivity contribution is -0.113. The van der Waals surface area contributed by atoms with Crippen LogP contribution >= 0.6 is 15.9 Å². The fourth-order valence-electron chi connectivity index (χ4n) is 1.88. The lowest BCUT2D eigenvalue weighted by Gasteiger charge is -2.10. The Morgan fingerprint density at radius 3 is 2.45 bits per heavy atom. The zero-order valence-corrected chi connectivity index (χ0v) is 12.6. The van der Waals surface area contributed by atoms with E-state index in [0.717, 1.165) is 5.56 Å². The minimum Gasteiger partial charge on any atom is -0.325 e. The first kappa shape index (κ1) is 14.5. The van der Waals surface area contributed by atoms with Gasteiger partial charge in [0.1, 0.15) is 0 Å². The first-order valence-electron chi connectivity index (χ1n) is 6.18. The Kier molecular flexibility index (Phi) is 4.69. The van der Waals surface area contributed by atoms with Gasteiger partial charge >= 0.3 is 0 Å². The van der Waals surface area contributed by atoms with Gasteiger partial charge < -0.3 is 5.32 Å². The van der Waals surface area contributed by atoms with Crippen LogP contribution in [0.4, 0.5) is 5.69 Å². The molecule has 1 N–H and O–H groups in total. The number of amides is 1. The smallest absolute Gasteiger partial charge is 0.235 e. The van der Waals surface area contributed by atoms with Gasteiger partial charge in [-0.2, -0.15) is 0 Å². The van der Waals surface area contributed by atoms with Gasteiger partial charge in [-0.1, -0.05) is 57.9 Å². The maximum absolute atomic E-state index is 12.5. The molecule has 0 saturated heterocycles. The summed E-state index contributed by atoms with van der Waals surface area (Å²) in [5, 5.41) is 2.93. The maximum atomic E-state index is 12.5. The summed E-state index contributed by atoms with van der Waals surface area (Å²) in [4.78, 5) is 24.0. The summed E-state index contributed by atoms with van der Waals surface area (Å²) in [6, 6.07) is 14.4. The summed E-state index contributed by atoms with van der Waals surface area (Å²) in [7, 11) is 0. The molecule has 2 aromatic rings. The first-order valence-corrected chi connectivity index (χ1v) is 7.30. The Morgan fingerprint density at radius 1 is 1.10 bits per heavy atom. The van der Waals surface area contributed by atoms with Crippen LogP contribution in [0.15, 0.2) is 48.5 Å². The van der Waals surface area contributed by atoms with Gasteiger partial charge in [-0.05, 0) is 19.1 Å². The molecular formula is C16H14BrNO2. The molecule has 2 aromatic carbocycles. The van der Waals surface area contributed by atoms with E-state index in [4.69, 9.17) is 0 Å². The van der Waals surface area contributed by atoms with Crippen LogP contribution in [0.2, 0.25) is 0 Å². The van der Waals surface area contributed by atoms with E-state index >= 15 is 0 Å². The van der Waals surface area contributed by atoms with Crippen molar-refractivity contribution in [2.75, 3.05) is 10.6 Å². The average Bonchev–Trinajstić information content (AvgIpc) is 2.49. The molecule has 0 heterocycles. The van der Waals surface area contributed by atoms with Crippen molar-refractivity contribution in [3.8, 4) is 0 Å². The van der Waals surface area contributed by atoms with E-state index in [-0.39, 0.29) is 17.0 Å². The number of anilines is 1. The lowest BCUT2D eigenvalue weighted by Crippen LogP contribution is -2.15. The van der Waals surface area contributed by atoms with Gasteiger partial charge in [-0.15, -0.1) is 0 Å². The third-order valence-electron chi connectivity index (χ3n) is 2.85. The van der Waals surface area contributed by atoms with Crippen LogP contribution < -0.4 is 5.32 Å². The zero-order valence-electron chi connectivity index (χ0n) is 11.0. The predicted octanol–water partition coefficient (Wildman–Crippen LogP) is 3.56. The normalized spacial score (nSPS) is 10.1. The number of hydrogen-bond donors (Lipinski definition) is 1. The van der Waals surface area contributed by atoms with Gasteiger partial charge in [0.15, 0.2) is 5.78 Å². The van der Waals surface area contributed by atoms with Crippen molar-refractivity contribution in [1.82, 2.24) is 0 Å². The number of halogens is 1. The largest absolute Gasteiger partial charge is 0.325 e. The van der Waals surface area contributed by atoms with Crippen LogP contribution in [-0.4, -0.2) is 17.0 Å². The lowest BCUT2D eigenvalue weighted by atomic mass is 10.00. The van der Waals surface area contributed by atoms with E-state index in [1.165, 1.54) is 0 Å². The SMILES string of the molecule is Cc1ccc(NC(=O)CBr)c(C(=O)c2ccccc2)c1. The van der Waals surface area contributed by atoms with Crippen LogP contribution in [0.25, 0.3) is 0 Å². The zero-order chi connectivity index (χ0) is 14.5. The van der Waals surface area contributed by atoms with Gasteiger partial charge in [0.05, 0.1) is 11.0 Å². The maximum Gasteiger partial charge on any atom is 0.235 e. The molecule has 0 aliphatic carbocycles. The molecule has 102 valence electrons. The molecule has 0 radical (unpaired) electrons. The number of carbonyl (C=O) groups excluding carboxylic acids is 2. The number of ketones is 1. The number of rotatable bonds is 4. The molecule has 0 bridgehead atoms. The molecule has 0 spiro atoms. The summed E-state index contributed by atoms with van der Waals surface area (Å²) in [5.74, 6) is -0.282. The minimum absolute atomic E-state index is 0.0980. The van der Waals surface area contributed by atoms with Gasteiger partial charge in [0.25, 0.3) is 0 Å². The number of benzene rings is 2. The highest BCUT2D eigenvalue weighted by Crippen LogP contribution is 2.21. The van der Waals surface area contributed by atoms with Crippen LogP contribution in [-0.2, 0) is 4.79 Å². The van der Waals surface area contributed by atoms with E-state index in [0.29, 0.717) is 16.8 Å². The van der Waals surface area contributed by atoms with Crippen LogP contribution in [0, 0.1) is 6.92 Å². The van der Waals surface area contributed by atoms with Gasteiger partial charge in [0, 0.05) is 11.1 Å². The van der Waals surface area contributed by atoms with E-state index < -0.39 is 0 Å². The Labute approximate surface area is 126 Å². The average molecular weight is 332 g/mol. The van der Waals surface area contributed by atoms with Crippen molar-refractivity contribution in [2.24, 2.45) is 0 Å². The summed E-state index contributed by atoms with van der Waals surface area (Å²) in [6.45, 7) is 1.91. The third-order valence-corrected chi connectivity index (χ3v) is 3.36. The second-order valence-corrected chi connectivity index (χ2v) is 4.99. The second-order valence-electron chi connectivity index (χ2n) is 4.43. The molecular weight excluding hydrogens is 318 g/mol. The number of nitrogens with one attached hydrogen (secondary N) is 1. The standard InChI is InChI=1S/C16H14BrNO2/c1-11-7-8-14(18-15(19)10-17)13(9-11)16(20)12-5-3-2-4-6-12/h2-9H,10H2,1H3,(H,18,19). The Bertz CT molecular complexity index is 638. The Balaban J connectivity index is 2.41. The number of hydrogen-bond acceptors (Lipinski definition) is 2. The number of aryl methyl sites for hydroxylation is 1. The van der Waals surface area contributed by atoms with Crippen molar-refractivity contribution >= 4 is 33.3 Å². The van der Waals surface area contributed by atoms with Gasteiger partial charge in [-0.3, -0.25) is 9.59 Å². The van der Waals surface area contributed by atoms with Crippen LogP contribution in [0.1, 0.15) is 21.5 Å². The fraction of sp³-hybridized carbons (Fsp3) is 0.125. The predicted molar refractivity (Wildman–Crippen MR) is 83.5 cm³/mol. The first-order chi connectivity index (χ1) is 9.61. The fourth-order valence-corrected chi connectivity index (χ4v) is 2.02. The third kappa shape index (κ3) is 3.33. The van der Waals surface area contributed by atoms with E-state index in [9.17, 15) is 9.59 Å². The summed E-state index contributed by atoms with van der Waals surface area (Å²) in [6.07, 6.45) is 0. The van der Waals surface area contributed by atoms with E-state index in [1.54, 1.807) is 24.3 Å². The summed E-state index contributed by atoms with van der Waals surface area (Å²) in [5.41, 5.74) is 2.62. The van der Waals surface area contributed by atoms with Gasteiger partial charge in [0.2, 0.25) is 5.91 Å². The van der Waals surface area contributed by atoms with Gasteiger partial charge in [-0.25, -0.2) is 0 Å². The second kappa shape index (κ2) is 6.48. The molecule has 0 aromatic heterocycles. The molecule has 1 amide bonds. The van der Waals surface area contributed by atoms with Crippen LogP contribution in [0.3, 0.4) is 0 Å². The molecule has 0 atom stereocenters. The highest BCUT2D eigenvalue weighted by atomic mass is 79.9. The quantitative estimate of drug-likeness (QED) is 0.687. The van der Waals surface area contributed by atoms with E-state index in [2.05, 4.69) is 21.2 Å². The summed E-state index contributed by atoms with van der Waals surface area (Å²) >= 11 is 3.10. The monoisotopic (exact) mass is 331 g/mol. The molecule has 0 aliphatic heterocycles. The van der Waals surface area contributed by atoms with E-state index in [1.807, 2.05) is 31.2 Å². The highest BCUT2D eigenvalue weighted by molar-refractivity contribution is 9.09. The Hall–Kier alpha value is -1.94. The molecule has 0 aliphatic rings. The molecule has 0 fully saturated rings. The topological polar surface area (TPSA) is 46.2 Å². The van der Waals surface area contributed by atoms with Crippen LogP contribution in [0.5, 0.6) is 0 Å². The van der Waals surface area contributed by atoms with Crippen molar-refractivity contribution < 1.29 is 9.59 Å². The molecule has 3 nitrogen and oxygen atoms in total. The molecule has 20 heavy (non-hydrogen) atoms. The molecule has 4 heteroatoms. The highest BCUT2D eigenvalue weighted by Gasteiger charge is 2.15. The molecule has 2 rings (SSSR count). The molecule has 0 saturated carbocycles. The van der Waals surface area contributed by atoms with Crippen molar-refractivity contribution in [3.05, 3.63) is 65.2 Å². The Morgan fingerprint density at radius 2 is 1.80 bits per heavy atom. The number of alkyl halides is 1. The van der Waals surface area contributed by atoms with Crippen molar-refractivity contribution in [1.29, 1.82) is 0 Å². The van der Waals surface area contributed by atoms with Crippen molar-refractivity contribution in [2.45, 2.75) is 6.92 Å².